The summed E-state index contributed by atoms with van der Waals surface area (Å²) in [7, 11) is 1.82. The average molecular weight is 390 g/mol. The van der Waals surface area contributed by atoms with Crippen molar-refractivity contribution >= 4 is 11.8 Å². The normalized spacial score (nSPS) is 21.7. The van der Waals surface area contributed by atoms with Crippen LogP contribution >= 0.6 is 0 Å². The Hall–Kier alpha value is -1.82. The van der Waals surface area contributed by atoms with Gasteiger partial charge < -0.3 is 20.3 Å². The molecule has 0 bridgehead atoms. The number of pyridine rings is 1. The van der Waals surface area contributed by atoms with Crippen molar-refractivity contribution in [2.24, 2.45) is 10.9 Å². The summed E-state index contributed by atoms with van der Waals surface area (Å²) in [5.74, 6) is 2.63. The van der Waals surface area contributed by atoms with Gasteiger partial charge in [0.05, 0.1) is 12.2 Å². The molecule has 28 heavy (non-hydrogen) atoms. The quantitative estimate of drug-likeness (QED) is 0.526. The lowest BCUT2D eigenvalue weighted by molar-refractivity contribution is -0.00545. The second-order valence-corrected chi connectivity index (χ2v) is 8.48. The van der Waals surface area contributed by atoms with E-state index in [4.69, 9.17) is 4.74 Å². The predicted molar refractivity (Wildman–Crippen MR) is 118 cm³/mol. The van der Waals surface area contributed by atoms with Crippen LogP contribution < -0.4 is 15.5 Å². The molecule has 3 atom stereocenters. The van der Waals surface area contributed by atoms with Gasteiger partial charge in [-0.25, -0.2) is 4.98 Å². The molecule has 1 saturated heterocycles. The van der Waals surface area contributed by atoms with Crippen LogP contribution in [0, 0.1) is 5.92 Å². The number of nitrogens with zero attached hydrogens (tertiary/aromatic N) is 3. The van der Waals surface area contributed by atoms with E-state index in [1.807, 2.05) is 13.2 Å². The van der Waals surface area contributed by atoms with E-state index in [1.54, 1.807) is 0 Å². The van der Waals surface area contributed by atoms with E-state index in [2.05, 4.69) is 72.3 Å². The second kappa shape index (κ2) is 11.2. The molecule has 1 aliphatic heterocycles. The van der Waals surface area contributed by atoms with E-state index in [0.717, 1.165) is 42.8 Å². The summed E-state index contributed by atoms with van der Waals surface area (Å²) in [5, 5.41) is 6.87. The summed E-state index contributed by atoms with van der Waals surface area (Å²) >= 11 is 0. The van der Waals surface area contributed by atoms with Crippen molar-refractivity contribution in [3.63, 3.8) is 0 Å². The molecule has 158 valence electrons. The number of rotatable bonds is 8. The molecule has 1 aromatic heterocycles. The maximum absolute atomic E-state index is 5.81. The maximum atomic E-state index is 5.81. The van der Waals surface area contributed by atoms with Gasteiger partial charge in [-0.05, 0) is 44.7 Å². The van der Waals surface area contributed by atoms with Crippen molar-refractivity contribution in [3.05, 3.63) is 23.9 Å². The zero-order valence-electron chi connectivity index (χ0n) is 18.5. The highest BCUT2D eigenvalue weighted by Crippen LogP contribution is 2.18. The Labute approximate surface area is 171 Å². The van der Waals surface area contributed by atoms with Gasteiger partial charge in [0, 0.05) is 38.9 Å². The molecule has 1 fully saturated rings. The number of aromatic nitrogens is 1. The van der Waals surface area contributed by atoms with E-state index in [-0.39, 0.29) is 12.2 Å². The Balaban J connectivity index is 1.79. The number of hydrogen-bond donors (Lipinski definition) is 2. The molecule has 0 amide bonds. The third kappa shape index (κ3) is 7.66. The number of ether oxygens (including phenoxy) is 1. The Morgan fingerprint density at radius 3 is 2.50 bits per heavy atom. The van der Waals surface area contributed by atoms with Crippen LogP contribution in [0.2, 0.25) is 0 Å². The second-order valence-electron chi connectivity index (χ2n) is 8.48. The van der Waals surface area contributed by atoms with Crippen LogP contribution in [-0.2, 0) is 11.3 Å². The zero-order chi connectivity index (χ0) is 20.5. The first kappa shape index (κ1) is 22.5. The van der Waals surface area contributed by atoms with Crippen molar-refractivity contribution in [1.29, 1.82) is 0 Å². The Kier molecular flexibility index (Phi) is 9.03. The van der Waals surface area contributed by atoms with Gasteiger partial charge in [0.1, 0.15) is 5.82 Å². The van der Waals surface area contributed by atoms with Gasteiger partial charge in [-0.2, -0.15) is 0 Å². The first-order chi connectivity index (χ1) is 13.4. The molecule has 0 radical (unpaired) electrons. The largest absolute Gasteiger partial charge is 0.372 e. The fourth-order valence-electron chi connectivity index (χ4n) is 3.59. The molecule has 6 heteroatoms. The molecule has 2 heterocycles. The van der Waals surface area contributed by atoms with Gasteiger partial charge in [-0.3, -0.25) is 4.99 Å². The van der Waals surface area contributed by atoms with E-state index in [0.29, 0.717) is 12.6 Å². The highest BCUT2D eigenvalue weighted by molar-refractivity contribution is 5.79. The minimum absolute atomic E-state index is 0.240. The zero-order valence-corrected chi connectivity index (χ0v) is 18.5. The fourth-order valence-corrected chi connectivity index (χ4v) is 3.59. The van der Waals surface area contributed by atoms with Crippen LogP contribution in [0.4, 0.5) is 5.82 Å². The lowest BCUT2D eigenvalue weighted by Crippen LogP contribution is -2.45. The van der Waals surface area contributed by atoms with Gasteiger partial charge in [0.25, 0.3) is 0 Å². The van der Waals surface area contributed by atoms with Gasteiger partial charge in [-0.1, -0.05) is 32.8 Å². The lowest BCUT2D eigenvalue weighted by Gasteiger charge is -2.36. The highest BCUT2D eigenvalue weighted by Gasteiger charge is 2.22. The summed E-state index contributed by atoms with van der Waals surface area (Å²) in [6.45, 7) is 13.5. The van der Waals surface area contributed by atoms with Crippen LogP contribution in [-0.4, -0.2) is 49.3 Å². The van der Waals surface area contributed by atoms with E-state index in [9.17, 15) is 0 Å². The third-order valence-electron chi connectivity index (χ3n) is 5.04. The standard InChI is InChI=1S/C22H39N5O/c1-16(2)8-7-9-17(3)26-22(23-6)25-13-20-10-11-21(24-12-20)27-14-18(4)28-19(5)15-27/h10-12,16-19H,7-9,13-15H2,1-6H3,(H2,23,25,26). The summed E-state index contributed by atoms with van der Waals surface area (Å²) in [6, 6.07) is 4.65. The number of aliphatic imine (C=N–C) groups is 1. The number of guanidine groups is 1. The van der Waals surface area contributed by atoms with Crippen LogP contribution in [0.3, 0.4) is 0 Å². The molecule has 0 aliphatic carbocycles. The molecule has 3 unspecified atom stereocenters. The molecular weight excluding hydrogens is 350 g/mol. The minimum atomic E-state index is 0.240. The first-order valence-electron chi connectivity index (χ1n) is 10.7. The Bertz CT molecular complexity index is 591. The van der Waals surface area contributed by atoms with Gasteiger partial charge >= 0.3 is 0 Å². The molecular formula is C22H39N5O. The van der Waals surface area contributed by atoms with Crippen LogP contribution in [0.1, 0.15) is 59.4 Å². The van der Waals surface area contributed by atoms with Gasteiger partial charge in [0.15, 0.2) is 5.96 Å². The smallest absolute Gasteiger partial charge is 0.191 e. The highest BCUT2D eigenvalue weighted by atomic mass is 16.5. The van der Waals surface area contributed by atoms with Crippen molar-refractivity contribution in [1.82, 2.24) is 15.6 Å². The van der Waals surface area contributed by atoms with E-state index in [1.165, 1.54) is 12.8 Å². The van der Waals surface area contributed by atoms with E-state index >= 15 is 0 Å². The van der Waals surface area contributed by atoms with Gasteiger partial charge in [-0.15, -0.1) is 0 Å². The van der Waals surface area contributed by atoms with Crippen LogP contribution in [0.5, 0.6) is 0 Å². The molecule has 6 nitrogen and oxygen atoms in total. The summed E-state index contributed by atoms with van der Waals surface area (Å²) in [5.41, 5.74) is 1.15. The minimum Gasteiger partial charge on any atom is -0.372 e. The van der Waals surface area contributed by atoms with Crippen molar-refractivity contribution in [2.45, 2.75) is 78.7 Å². The fraction of sp³-hybridized carbons (Fsp3) is 0.727. The molecule has 2 rings (SSSR count). The van der Waals surface area contributed by atoms with Crippen molar-refractivity contribution in [3.8, 4) is 0 Å². The van der Waals surface area contributed by atoms with Crippen molar-refractivity contribution in [2.75, 3.05) is 25.0 Å². The number of hydrogen-bond acceptors (Lipinski definition) is 4. The number of morpholine rings is 1. The van der Waals surface area contributed by atoms with E-state index < -0.39 is 0 Å². The Morgan fingerprint density at radius 2 is 1.93 bits per heavy atom. The summed E-state index contributed by atoms with van der Waals surface area (Å²) in [4.78, 5) is 11.3. The molecule has 0 aromatic carbocycles. The maximum Gasteiger partial charge on any atom is 0.191 e. The number of nitrogens with one attached hydrogen (secondary N) is 2. The Morgan fingerprint density at radius 1 is 1.21 bits per heavy atom. The third-order valence-corrected chi connectivity index (χ3v) is 5.04. The molecule has 2 N–H and O–H groups in total. The SMILES string of the molecule is CN=C(NCc1ccc(N2CC(C)OC(C)C2)nc1)NC(C)CCCC(C)C. The first-order valence-corrected chi connectivity index (χ1v) is 10.7. The monoisotopic (exact) mass is 389 g/mol. The summed E-state index contributed by atoms with van der Waals surface area (Å²) < 4.78 is 5.81. The number of anilines is 1. The topological polar surface area (TPSA) is 61.8 Å². The molecule has 0 spiro atoms. The molecule has 1 aliphatic rings. The molecule has 0 saturated carbocycles. The van der Waals surface area contributed by atoms with Crippen LogP contribution in [0.25, 0.3) is 0 Å². The average Bonchev–Trinajstić information content (AvgIpc) is 2.64. The lowest BCUT2D eigenvalue weighted by atomic mass is 10.0. The summed E-state index contributed by atoms with van der Waals surface area (Å²) in [6.07, 6.45) is 6.11. The van der Waals surface area contributed by atoms with Crippen LogP contribution in [0.15, 0.2) is 23.3 Å². The van der Waals surface area contributed by atoms with Gasteiger partial charge in [0.2, 0.25) is 0 Å². The van der Waals surface area contributed by atoms with Crippen molar-refractivity contribution < 1.29 is 4.74 Å². The predicted octanol–water partition coefficient (Wildman–Crippen LogP) is 3.58. The molecule has 1 aromatic rings.